The molecule has 0 radical (unpaired) electrons. The molecule has 3 heterocycles. The Morgan fingerprint density at radius 2 is 2.24 bits per heavy atom. The third-order valence-electron chi connectivity index (χ3n) is 3.64. The Hall–Kier alpha value is -2.34. The maximum Gasteiger partial charge on any atom is 0.194 e. The molecule has 3 aromatic heterocycles. The highest BCUT2D eigenvalue weighted by Crippen LogP contribution is 2.22. The predicted molar refractivity (Wildman–Crippen MR) is 86.0 cm³/mol. The van der Waals surface area contributed by atoms with Gasteiger partial charge in [0.05, 0.1) is 29.6 Å². The summed E-state index contributed by atoms with van der Waals surface area (Å²) in [6.45, 7) is 4.92. The Bertz CT molecular complexity index is 930. The van der Waals surface area contributed by atoms with Crippen molar-refractivity contribution in [2.75, 3.05) is 5.32 Å². The summed E-state index contributed by atoms with van der Waals surface area (Å²) in [5.41, 5.74) is 4.41. The van der Waals surface area contributed by atoms with Gasteiger partial charge in [-0.3, -0.25) is 9.50 Å². The molecule has 5 nitrogen and oxygen atoms in total. The molecular weight excluding hydrogens is 282 g/mol. The summed E-state index contributed by atoms with van der Waals surface area (Å²) in [4.78, 5) is 6.95. The Kier molecular flexibility index (Phi) is 2.71. The maximum atomic E-state index is 4.61. The zero-order chi connectivity index (χ0) is 14.4. The van der Waals surface area contributed by atoms with Gasteiger partial charge < -0.3 is 5.32 Å². The van der Waals surface area contributed by atoms with Crippen LogP contribution in [0.4, 0.5) is 5.69 Å². The van der Waals surface area contributed by atoms with Gasteiger partial charge in [0.25, 0.3) is 0 Å². The number of nitrogens with one attached hydrogen (secondary N) is 2. The normalized spacial score (nSPS) is 11.5. The summed E-state index contributed by atoms with van der Waals surface area (Å²) in [5.74, 6) is 0. The van der Waals surface area contributed by atoms with Gasteiger partial charge in [0.15, 0.2) is 4.96 Å². The van der Waals surface area contributed by atoms with E-state index in [1.165, 1.54) is 10.6 Å². The number of hydrogen-bond acceptors (Lipinski definition) is 4. The molecule has 0 saturated carbocycles. The first kappa shape index (κ1) is 12.4. The molecule has 0 spiro atoms. The monoisotopic (exact) mass is 297 g/mol. The Morgan fingerprint density at radius 3 is 3.14 bits per heavy atom. The number of aromatic amines is 1. The number of hydrogen-bond donors (Lipinski definition) is 2. The molecule has 0 unspecified atom stereocenters. The largest absolute Gasteiger partial charge is 0.379 e. The van der Waals surface area contributed by atoms with E-state index in [1.54, 1.807) is 11.3 Å². The van der Waals surface area contributed by atoms with Crippen LogP contribution in [-0.2, 0) is 6.54 Å². The smallest absolute Gasteiger partial charge is 0.194 e. The minimum atomic E-state index is 0.753. The van der Waals surface area contributed by atoms with E-state index in [-0.39, 0.29) is 0 Å². The SMILES string of the molecule is Cc1cn2c(CNc3ccc4cn[nH]c4c3)c(C)nc2s1. The molecule has 0 fully saturated rings. The van der Waals surface area contributed by atoms with Crippen molar-refractivity contribution in [3.05, 3.63) is 46.9 Å². The second kappa shape index (κ2) is 4.60. The fraction of sp³-hybridized carbons (Fsp3) is 0.200. The molecule has 0 atom stereocenters. The van der Waals surface area contributed by atoms with E-state index in [2.05, 4.69) is 63.1 Å². The third kappa shape index (κ3) is 2.08. The maximum absolute atomic E-state index is 4.61. The second-order valence-electron chi connectivity index (χ2n) is 5.16. The first-order chi connectivity index (χ1) is 10.2. The number of fused-ring (bicyclic) bond motifs is 2. The van der Waals surface area contributed by atoms with E-state index in [4.69, 9.17) is 0 Å². The van der Waals surface area contributed by atoms with E-state index < -0.39 is 0 Å². The van der Waals surface area contributed by atoms with Crippen LogP contribution in [-0.4, -0.2) is 19.6 Å². The van der Waals surface area contributed by atoms with Gasteiger partial charge in [-0.1, -0.05) is 0 Å². The molecule has 0 saturated heterocycles. The number of H-pyrrole nitrogens is 1. The number of imidazole rings is 1. The number of anilines is 1. The molecule has 0 aliphatic carbocycles. The molecule has 21 heavy (non-hydrogen) atoms. The highest BCUT2D eigenvalue weighted by molar-refractivity contribution is 7.17. The highest BCUT2D eigenvalue weighted by atomic mass is 32.1. The van der Waals surface area contributed by atoms with Gasteiger partial charge in [0.2, 0.25) is 0 Å². The fourth-order valence-corrected chi connectivity index (χ4v) is 3.44. The first-order valence-electron chi connectivity index (χ1n) is 6.82. The molecule has 4 rings (SSSR count). The van der Waals surface area contributed by atoms with Gasteiger partial charge in [-0.2, -0.15) is 5.10 Å². The van der Waals surface area contributed by atoms with Crippen molar-refractivity contribution in [1.29, 1.82) is 0 Å². The van der Waals surface area contributed by atoms with Crippen molar-refractivity contribution in [2.24, 2.45) is 0 Å². The summed E-state index contributed by atoms with van der Waals surface area (Å²) in [7, 11) is 0. The van der Waals surface area contributed by atoms with Crippen molar-refractivity contribution < 1.29 is 0 Å². The van der Waals surface area contributed by atoms with E-state index >= 15 is 0 Å². The number of aromatic nitrogens is 4. The first-order valence-corrected chi connectivity index (χ1v) is 7.63. The van der Waals surface area contributed by atoms with Crippen molar-refractivity contribution in [3.63, 3.8) is 0 Å². The Morgan fingerprint density at radius 1 is 1.33 bits per heavy atom. The zero-order valence-electron chi connectivity index (χ0n) is 11.8. The number of benzene rings is 1. The van der Waals surface area contributed by atoms with Crippen LogP contribution in [0.2, 0.25) is 0 Å². The summed E-state index contributed by atoms with van der Waals surface area (Å²) < 4.78 is 2.18. The van der Waals surface area contributed by atoms with E-state index in [0.717, 1.165) is 33.8 Å². The van der Waals surface area contributed by atoms with Crippen LogP contribution in [0.15, 0.2) is 30.6 Å². The molecule has 2 N–H and O–H groups in total. The minimum Gasteiger partial charge on any atom is -0.379 e. The summed E-state index contributed by atoms with van der Waals surface area (Å²) >= 11 is 1.72. The summed E-state index contributed by atoms with van der Waals surface area (Å²) in [5, 5.41) is 11.6. The molecule has 1 aromatic carbocycles. The topological polar surface area (TPSA) is 58.0 Å². The molecular formula is C15H15N5S. The fourth-order valence-electron chi connectivity index (χ4n) is 2.55. The standard InChI is InChI=1S/C15H15N5S/c1-9-8-20-14(10(2)18-15(20)21-9)7-16-12-4-3-11-6-17-19-13(11)5-12/h3-6,8,16H,7H2,1-2H3,(H,17,19). The van der Waals surface area contributed by atoms with Crippen molar-refractivity contribution >= 4 is 32.9 Å². The van der Waals surface area contributed by atoms with Crippen LogP contribution in [0.5, 0.6) is 0 Å². The summed E-state index contributed by atoms with van der Waals surface area (Å²) in [6.07, 6.45) is 3.98. The molecule has 0 aliphatic rings. The lowest BCUT2D eigenvalue weighted by molar-refractivity contribution is 0.992. The third-order valence-corrected chi connectivity index (χ3v) is 4.54. The zero-order valence-corrected chi connectivity index (χ0v) is 12.7. The Balaban J connectivity index is 1.63. The van der Waals surface area contributed by atoms with Crippen LogP contribution in [0.25, 0.3) is 15.9 Å². The van der Waals surface area contributed by atoms with E-state index in [1.807, 2.05) is 6.20 Å². The van der Waals surface area contributed by atoms with Crippen LogP contribution < -0.4 is 5.32 Å². The number of thiazole rings is 1. The number of nitrogens with zero attached hydrogens (tertiary/aromatic N) is 3. The number of rotatable bonds is 3. The lowest BCUT2D eigenvalue weighted by Gasteiger charge is -2.06. The Labute approximate surface area is 125 Å². The molecule has 4 aromatic rings. The molecule has 6 heteroatoms. The van der Waals surface area contributed by atoms with Crippen LogP contribution in [0.1, 0.15) is 16.3 Å². The molecule has 0 bridgehead atoms. The predicted octanol–water partition coefficient (Wildman–Crippen LogP) is 3.50. The van der Waals surface area contributed by atoms with Gasteiger partial charge in [-0.25, -0.2) is 4.98 Å². The molecule has 106 valence electrons. The average Bonchev–Trinajstić information content (AvgIpc) is 3.11. The van der Waals surface area contributed by atoms with Crippen LogP contribution in [0, 0.1) is 13.8 Å². The van der Waals surface area contributed by atoms with Gasteiger partial charge in [0.1, 0.15) is 0 Å². The average molecular weight is 297 g/mol. The van der Waals surface area contributed by atoms with Gasteiger partial charge in [0, 0.05) is 22.1 Å². The minimum absolute atomic E-state index is 0.753. The lowest BCUT2D eigenvalue weighted by Crippen LogP contribution is -2.03. The van der Waals surface area contributed by atoms with Gasteiger partial charge in [-0.05, 0) is 32.0 Å². The second-order valence-corrected chi connectivity index (χ2v) is 6.38. The van der Waals surface area contributed by atoms with Gasteiger partial charge >= 0.3 is 0 Å². The molecule has 0 amide bonds. The van der Waals surface area contributed by atoms with Crippen molar-refractivity contribution in [2.45, 2.75) is 20.4 Å². The van der Waals surface area contributed by atoms with Crippen LogP contribution in [0.3, 0.4) is 0 Å². The van der Waals surface area contributed by atoms with Crippen molar-refractivity contribution in [3.8, 4) is 0 Å². The van der Waals surface area contributed by atoms with E-state index in [9.17, 15) is 0 Å². The number of aryl methyl sites for hydroxylation is 2. The van der Waals surface area contributed by atoms with Crippen LogP contribution >= 0.6 is 11.3 Å². The quantitative estimate of drug-likeness (QED) is 0.608. The molecule has 0 aliphatic heterocycles. The van der Waals surface area contributed by atoms with Gasteiger partial charge in [-0.15, -0.1) is 11.3 Å². The van der Waals surface area contributed by atoms with E-state index in [0.29, 0.717) is 0 Å². The lowest BCUT2D eigenvalue weighted by atomic mass is 10.2. The summed E-state index contributed by atoms with van der Waals surface area (Å²) in [6, 6.07) is 6.22. The van der Waals surface area contributed by atoms with Crippen molar-refractivity contribution in [1.82, 2.24) is 19.6 Å². The highest BCUT2D eigenvalue weighted by Gasteiger charge is 2.10.